The van der Waals surface area contributed by atoms with Gasteiger partial charge in [0.1, 0.15) is 0 Å². The van der Waals surface area contributed by atoms with Gasteiger partial charge in [-0.1, -0.05) is 18.0 Å². The molecule has 3 nitrogen and oxygen atoms in total. The highest BCUT2D eigenvalue weighted by molar-refractivity contribution is 6.30. The third-order valence-corrected chi connectivity index (χ3v) is 3.10. The number of imidazole rings is 1. The molecule has 2 rings (SSSR count). The molecule has 4 heteroatoms. The van der Waals surface area contributed by atoms with Crippen molar-refractivity contribution < 1.29 is 0 Å². The molecule has 1 fully saturated rings. The van der Waals surface area contributed by atoms with Gasteiger partial charge < -0.3 is 9.88 Å². The Morgan fingerprint density at radius 2 is 2.50 bits per heavy atom. The van der Waals surface area contributed by atoms with Gasteiger partial charge in [0.05, 0.1) is 18.1 Å². The standard InChI is InChI=1S/C10H16ClN3/c1-2-14-7-13-10(11)9(14)8-5-3-4-6-12-8/h7-8,12H,2-6H2,1H3. The van der Waals surface area contributed by atoms with Crippen LogP contribution in [0.4, 0.5) is 0 Å². The zero-order valence-electron chi connectivity index (χ0n) is 8.46. The highest BCUT2D eigenvalue weighted by Crippen LogP contribution is 2.27. The SMILES string of the molecule is CCn1cnc(Cl)c1C1CCCCN1. The van der Waals surface area contributed by atoms with Gasteiger partial charge in [-0.05, 0) is 26.3 Å². The van der Waals surface area contributed by atoms with Crippen molar-refractivity contribution >= 4 is 11.6 Å². The lowest BCUT2D eigenvalue weighted by Crippen LogP contribution is -2.28. The molecule has 1 aromatic heterocycles. The topological polar surface area (TPSA) is 29.9 Å². The van der Waals surface area contributed by atoms with E-state index in [1.807, 2.05) is 6.33 Å². The summed E-state index contributed by atoms with van der Waals surface area (Å²) in [6.45, 7) is 4.15. The van der Waals surface area contributed by atoms with Crippen LogP contribution in [0.15, 0.2) is 6.33 Å². The van der Waals surface area contributed by atoms with Crippen molar-refractivity contribution in [3.05, 3.63) is 17.2 Å². The summed E-state index contributed by atoms with van der Waals surface area (Å²) < 4.78 is 2.13. The molecule has 0 bridgehead atoms. The van der Waals surface area contributed by atoms with Gasteiger partial charge in [-0.25, -0.2) is 4.98 Å². The fourth-order valence-electron chi connectivity index (χ4n) is 2.05. The lowest BCUT2D eigenvalue weighted by atomic mass is 10.0. The maximum Gasteiger partial charge on any atom is 0.151 e. The second-order valence-electron chi connectivity index (χ2n) is 3.71. The third-order valence-electron chi connectivity index (χ3n) is 2.81. The van der Waals surface area contributed by atoms with Gasteiger partial charge in [-0.3, -0.25) is 0 Å². The van der Waals surface area contributed by atoms with E-state index in [2.05, 4.69) is 21.8 Å². The first-order valence-corrected chi connectivity index (χ1v) is 5.64. The van der Waals surface area contributed by atoms with Gasteiger partial charge in [0, 0.05) is 6.54 Å². The Bertz CT molecular complexity index is 302. The van der Waals surface area contributed by atoms with Crippen LogP contribution in [0.2, 0.25) is 5.15 Å². The van der Waals surface area contributed by atoms with Crippen LogP contribution in [0.25, 0.3) is 0 Å². The molecule has 1 saturated heterocycles. The monoisotopic (exact) mass is 213 g/mol. The first kappa shape index (κ1) is 9.99. The fraction of sp³-hybridized carbons (Fsp3) is 0.700. The van der Waals surface area contributed by atoms with Crippen LogP contribution in [-0.4, -0.2) is 16.1 Å². The molecule has 14 heavy (non-hydrogen) atoms. The van der Waals surface area contributed by atoms with E-state index in [0.717, 1.165) is 18.8 Å². The minimum atomic E-state index is 0.402. The Kier molecular flexibility index (Phi) is 3.08. The summed E-state index contributed by atoms with van der Waals surface area (Å²) in [5, 5.41) is 4.15. The fourth-order valence-corrected chi connectivity index (χ4v) is 2.33. The van der Waals surface area contributed by atoms with Crippen molar-refractivity contribution in [2.45, 2.75) is 38.8 Å². The minimum Gasteiger partial charge on any atom is -0.332 e. The maximum absolute atomic E-state index is 6.09. The highest BCUT2D eigenvalue weighted by atomic mass is 35.5. The van der Waals surface area contributed by atoms with Crippen molar-refractivity contribution in [1.82, 2.24) is 14.9 Å². The Morgan fingerprint density at radius 1 is 1.64 bits per heavy atom. The zero-order chi connectivity index (χ0) is 9.97. The largest absolute Gasteiger partial charge is 0.332 e. The predicted octanol–water partition coefficient (Wildman–Crippen LogP) is 2.37. The molecule has 0 spiro atoms. The van der Waals surface area contributed by atoms with Crippen LogP contribution in [-0.2, 0) is 6.54 Å². The van der Waals surface area contributed by atoms with Crippen molar-refractivity contribution in [1.29, 1.82) is 0 Å². The molecular weight excluding hydrogens is 198 g/mol. The molecule has 1 N–H and O–H groups in total. The van der Waals surface area contributed by atoms with E-state index in [9.17, 15) is 0 Å². The number of rotatable bonds is 2. The molecule has 0 aromatic carbocycles. The van der Waals surface area contributed by atoms with Crippen LogP contribution in [0.3, 0.4) is 0 Å². The Morgan fingerprint density at radius 3 is 3.14 bits per heavy atom. The molecule has 1 unspecified atom stereocenters. The van der Waals surface area contributed by atoms with Crippen LogP contribution < -0.4 is 5.32 Å². The Labute approximate surface area is 89.5 Å². The molecule has 1 aromatic rings. The van der Waals surface area contributed by atoms with Crippen LogP contribution in [0.5, 0.6) is 0 Å². The molecular formula is C10H16ClN3. The summed E-state index contributed by atoms with van der Waals surface area (Å²) in [5.74, 6) is 0. The Hall–Kier alpha value is -0.540. The van der Waals surface area contributed by atoms with E-state index in [0.29, 0.717) is 11.2 Å². The predicted molar refractivity (Wildman–Crippen MR) is 57.5 cm³/mol. The summed E-state index contributed by atoms with van der Waals surface area (Å²) >= 11 is 6.09. The smallest absolute Gasteiger partial charge is 0.151 e. The van der Waals surface area contributed by atoms with E-state index in [1.165, 1.54) is 19.3 Å². The average Bonchev–Trinajstić information content (AvgIpc) is 2.61. The first-order chi connectivity index (χ1) is 6.83. The van der Waals surface area contributed by atoms with Crippen molar-refractivity contribution in [2.24, 2.45) is 0 Å². The van der Waals surface area contributed by atoms with E-state index < -0.39 is 0 Å². The number of nitrogens with one attached hydrogen (secondary N) is 1. The molecule has 0 amide bonds. The van der Waals surface area contributed by atoms with Gasteiger partial charge >= 0.3 is 0 Å². The van der Waals surface area contributed by atoms with E-state index in [-0.39, 0.29) is 0 Å². The molecule has 0 radical (unpaired) electrons. The number of aromatic nitrogens is 2. The summed E-state index contributed by atoms with van der Waals surface area (Å²) in [6.07, 6.45) is 5.55. The second-order valence-corrected chi connectivity index (χ2v) is 4.07. The number of aryl methyl sites for hydroxylation is 1. The van der Waals surface area contributed by atoms with Crippen LogP contribution in [0.1, 0.15) is 37.9 Å². The molecule has 0 saturated carbocycles. The van der Waals surface area contributed by atoms with E-state index in [1.54, 1.807) is 0 Å². The van der Waals surface area contributed by atoms with Gasteiger partial charge in [0.25, 0.3) is 0 Å². The molecule has 2 heterocycles. The number of hydrogen-bond donors (Lipinski definition) is 1. The third kappa shape index (κ3) is 1.79. The van der Waals surface area contributed by atoms with Crippen LogP contribution in [0, 0.1) is 0 Å². The first-order valence-electron chi connectivity index (χ1n) is 5.27. The van der Waals surface area contributed by atoms with E-state index in [4.69, 9.17) is 11.6 Å². The summed E-state index contributed by atoms with van der Waals surface area (Å²) in [4.78, 5) is 4.15. The second kappa shape index (κ2) is 4.32. The highest BCUT2D eigenvalue weighted by Gasteiger charge is 2.21. The summed E-state index contributed by atoms with van der Waals surface area (Å²) in [6, 6.07) is 0.402. The molecule has 1 atom stereocenters. The molecule has 1 aliphatic heterocycles. The van der Waals surface area contributed by atoms with Crippen molar-refractivity contribution in [2.75, 3.05) is 6.54 Å². The maximum atomic E-state index is 6.09. The van der Waals surface area contributed by atoms with Crippen molar-refractivity contribution in [3.63, 3.8) is 0 Å². The van der Waals surface area contributed by atoms with Crippen LogP contribution >= 0.6 is 11.6 Å². The van der Waals surface area contributed by atoms with Gasteiger partial charge in [0.15, 0.2) is 5.15 Å². The Balaban J connectivity index is 2.23. The minimum absolute atomic E-state index is 0.402. The lowest BCUT2D eigenvalue weighted by molar-refractivity contribution is 0.395. The number of piperidine rings is 1. The number of hydrogen-bond acceptors (Lipinski definition) is 2. The zero-order valence-corrected chi connectivity index (χ0v) is 9.22. The molecule has 0 aliphatic carbocycles. The quantitative estimate of drug-likeness (QED) is 0.818. The summed E-state index contributed by atoms with van der Waals surface area (Å²) in [5.41, 5.74) is 1.16. The van der Waals surface area contributed by atoms with Crippen molar-refractivity contribution in [3.8, 4) is 0 Å². The van der Waals surface area contributed by atoms with Gasteiger partial charge in [-0.2, -0.15) is 0 Å². The molecule has 1 aliphatic rings. The molecule has 78 valence electrons. The van der Waals surface area contributed by atoms with Gasteiger partial charge in [0.2, 0.25) is 0 Å². The average molecular weight is 214 g/mol. The lowest BCUT2D eigenvalue weighted by Gasteiger charge is -2.24. The number of halogens is 1. The number of nitrogens with zero attached hydrogens (tertiary/aromatic N) is 2. The van der Waals surface area contributed by atoms with E-state index >= 15 is 0 Å². The van der Waals surface area contributed by atoms with Gasteiger partial charge in [-0.15, -0.1) is 0 Å². The normalized spacial score (nSPS) is 22.6. The summed E-state index contributed by atoms with van der Waals surface area (Å²) in [7, 11) is 0.